The van der Waals surface area contributed by atoms with Gasteiger partial charge in [-0.3, -0.25) is 14.5 Å². The molecule has 1 aliphatic heterocycles. The van der Waals surface area contributed by atoms with Gasteiger partial charge in [-0.2, -0.15) is 17.9 Å². The van der Waals surface area contributed by atoms with Crippen molar-refractivity contribution in [2.75, 3.05) is 31.6 Å². The van der Waals surface area contributed by atoms with Gasteiger partial charge in [0.25, 0.3) is 0 Å². The SMILES string of the molecule is CCOC(=O)[C@H]1CC[C@@H](N2CC(NC(=O)CNc3nn(C(=O)NC(C)(C)C)c4ccc(C(F)(F)F)cc34)C2)CC1. The molecule has 10 nitrogen and oxygen atoms in total. The van der Waals surface area contributed by atoms with E-state index in [4.69, 9.17) is 4.74 Å². The molecule has 13 heteroatoms. The molecule has 2 heterocycles. The normalized spacial score (nSPS) is 20.6. The first-order chi connectivity index (χ1) is 18.7. The molecule has 1 saturated heterocycles. The summed E-state index contributed by atoms with van der Waals surface area (Å²) in [5.41, 5.74) is -1.29. The van der Waals surface area contributed by atoms with Gasteiger partial charge in [0, 0.05) is 30.1 Å². The number of rotatable bonds is 7. The molecule has 40 heavy (non-hydrogen) atoms. The van der Waals surface area contributed by atoms with Crippen molar-refractivity contribution in [3.63, 3.8) is 0 Å². The lowest BCUT2D eigenvalue weighted by Gasteiger charge is -2.46. The summed E-state index contributed by atoms with van der Waals surface area (Å²) in [5, 5.41) is 12.8. The monoisotopic (exact) mass is 566 g/mol. The topological polar surface area (TPSA) is 118 Å². The summed E-state index contributed by atoms with van der Waals surface area (Å²) in [6.07, 6.45) is -1.17. The fourth-order valence-electron chi connectivity index (χ4n) is 5.24. The number of hydrogen-bond donors (Lipinski definition) is 3. The van der Waals surface area contributed by atoms with E-state index in [2.05, 4.69) is 25.9 Å². The van der Waals surface area contributed by atoms with Gasteiger partial charge in [0.1, 0.15) is 0 Å². The van der Waals surface area contributed by atoms with Crippen molar-refractivity contribution in [3.8, 4) is 0 Å². The Morgan fingerprint density at radius 2 is 1.75 bits per heavy atom. The summed E-state index contributed by atoms with van der Waals surface area (Å²) < 4.78 is 46.3. The summed E-state index contributed by atoms with van der Waals surface area (Å²) in [4.78, 5) is 39.7. The first kappa shape index (κ1) is 29.6. The molecular weight excluding hydrogens is 529 g/mol. The largest absolute Gasteiger partial charge is 0.466 e. The molecule has 0 atom stereocenters. The molecule has 1 saturated carbocycles. The zero-order valence-electron chi connectivity index (χ0n) is 23.2. The number of amides is 2. The number of hydrogen-bond acceptors (Lipinski definition) is 7. The van der Waals surface area contributed by atoms with Crippen LogP contribution in [0.5, 0.6) is 0 Å². The van der Waals surface area contributed by atoms with Crippen molar-refractivity contribution < 1.29 is 32.3 Å². The highest BCUT2D eigenvalue weighted by Gasteiger charge is 2.37. The zero-order chi connectivity index (χ0) is 29.2. The molecule has 0 spiro atoms. The molecule has 0 radical (unpaired) electrons. The molecule has 3 N–H and O–H groups in total. The number of halogens is 3. The fourth-order valence-corrected chi connectivity index (χ4v) is 5.24. The van der Waals surface area contributed by atoms with Crippen molar-refractivity contribution in [2.45, 2.75) is 77.2 Å². The lowest BCUT2D eigenvalue weighted by Crippen LogP contribution is -2.63. The van der Waals surface area contributed by atoms with Gasteiger partial charge in [0.05, 0.1) is 36.2 Å². The minimum atomic E-state index is -4.58. The number of alkyl halides is 3. The van der Waals surface area contributed by atoms with Crippen LogP contribution >= 0.6 is 0 Å². The van der Waals surface area contributed by atoms with Crippen molar-refractivity contribution in [3.05, 3.63) is 23.8 Å². The molecule has 1 aliphatic carbocycles. The standard InChI is InChI=1S/C27H37F3N6O4/c1-5-40-24(38)16-6-9-19(10-7-16)35-14-18(15-35)32-22(37)13-31-23-20-12-17(27(28,29)30)8-11-21(20)36(34-23)25(39)33-26(2,3)4/h8,11-12,16,18-19H,5-7,9-10,13-15H2,1-4H3,(H,31,34)(H,32,37)(H,33,39)/t16-,19+. The molecule has 2 fully saturated rings. The molecular formula is C27H37F3N6O4. The Balaban J connectivity index is 1.33. The molecule has 2 aromatic rings. The van der Waals surface area contributed by atoms with E-state index in [1.54, 1.807) is 27.7 Å². The smallest absolute Gasteiger partial charge is 0.416 e. The number of carbonyl (C=O) groups excluding carboxylic acids is 3. The van der Waals surface area contributed by atoms with Crippen molar-refractivity contribution in [2.24, 2.45) is 5.92 Å². The third kappa shape index (κ3) is 7.04. The summed E-state index contributed by atoms with van der Waals surface area (Å²) in [7, 11) is 0. The Kier molecular flexibility index (Phi) is 8.62. The Bertz CT molecular complexity index is 1240. The van der Waals surface area contributed by atoms with E-state index in [-0.39, 0.29) is 47.1 Å². The van der Waals surface area contributed by atoms with Crippen molar-refractivity contribution >= 4 is 34.6 Å². The third-order valence-corrected chi connectivity index (χ3v) is 7.21. The second-order valence-electron chi connectivity index (χ2n) is 11.5. The third-order valence-electron chi connectivity index (χ3n) is 7.21. The minimum absolute atomic E-state index is 0.00825. The van der Waals surface area contributed by atoms with E-state index >= 15 is 0 Å². The maximum absolute atomic E-state index is 13.4. The van der Waals surface area contributed by atoms with Crippen LogP contribution < -0.4 is 16.0 Å². The van der Waals surface area contributed by atoms with Crippen LogP contribution in [0, 0.1) is 5.92 Å². The molecule has 1 aromatic heterocycles. The number of carbonyl (C=O) groups is 3. The second-order valence-corrected chi connectivity index (χ2v) is 11.5. The van der Waals surface area contributed by atoms with Gasteiger partial charge in [-0.15, -0.1) is 5.10 Å². The maximum atomic E-state index is 13.4. The number of aromatic nitrogens is 2. The number of anilines is 1. The van der Waals surface area contributed by atoms with Gasteiger partial charge in [0.15, 0.2) is 5.82 Å². The highest BCUT2D eigenvalue weighted by Crippen LogP contribution is 2.34. The molecule has 220 valence electrons. The number of fused-ring (bicyclic) bond motifs is 1. The number of nitrogens with zero attached hydrogens (tertiary/aromatic N) is 3. The fraction of sp³-hybridized carbons (Fsp3) is 0.630. The minimum Gasteiger partial charge on any atom is -0.466 e. The summed E-state index contributed by atoms with van der Waals surface area (Å²) in [6, 6.07) is 2.74. The molecule has 1 aromatic carbocycles. The highest BCUT2D eigenvalue weighted by atomic mass is 19.4. The average Bonchev–Trinajstić information content (AvgIpc) is 3.22. The van der Waals surface area contributed by atoms with E-state index < -0.39 is 23.3 Å². The summed E-state index contributed by atoms with van der Waals surface area (Å²) in [6.45, 7) is 8.69. The summed E-state index contributed by atoms with van der Waals surface area (Å²) in [5.74, 6) is -0.479. The Morgan fingerprint density at radius 1 is 1.07 bits per heavy atom. The molecule has 0 unspecified atom stereocenters. The lowest BCUT2D eigenvalue weighted by atomic mass is 9.84. The van der Waals surface area contributed by atoms with Gasteiger partial charge >= 0.3 is 18.2 Å². The van der Waals surface area contributed by atoms with Crippen LogP contribution in [0.2, 0.25) is 0 Å². The van der Waals surface area contributed by atoms with E-state index in [1.165, 1.54) is 6.07 Å². The molecule has 0 bridgehead atoms. The molecule has 2 amide bonds. The zero-order valence-corrected chi connectivity index (χ0v) is 23.2. The van der Waals surface area contributed by atoms with Crippen LogP contribution in [-0.2, 0) is 20.5 Å². The first-order valence-corrected chi connectivity index (χ1v) is 13.6. The van der Waals surface area contributed by atoms with Gasteiger partial charge in [-0.25, -0.2) is 4.79 Å². The van der Waals surface area contributed by atoms with Crippen LogP contribution in [0.4, 0.5) is 23.8 Å². The van der Waals surface area contributed by atoms with E-state index in [9.17, 15) is 27.6 Å². The highest BCUT2D eigenvalue weighted by molar-refractivity contribution is 5.98. The second kappa shape index (κ2) is 11.6. The van der Waals surface area contributed by atoms with Crippen LogP contribution in [0.3, 0.4) is 0 Å². The van der Waals surface area contributed by atoms with Crippen molar-refractivity contribution in [1.82, 2.24) is 25.3 Å². The Labute approximate surface area is 231 Å². The number of nitrogens with one attached hydrogen (secondary N) is 3. The molecule has 4 rings (SSSR count). The lowest BCUT2D eigenvalue weighted by molar-refractivity contribution is -0.149. The Hall–Kier alpha value is -3.35. The van der Waals surface area contributed by atoms with Crippen molar-refractivity contribution in [1.29, 1.82) is 0 Å². The van der Waals surface area contributed by atoms with Gasteiger partial charge in [0.2, 0.25) is 5.91 Å². The van der Waals surface area contributed by atoms with E-state index in [0.717, 1.165) is 42.5 Å². The number of ether oxygens (including phenoxy) is 1. The predicted octanol–water partition coefficient (Wildman–Crippen LogP) is 3.75. The van der Waals surface area contributed by atoms with Gasteiger partial charge in [-0.1, -0.05) is 0 Å². The summed E-state index contributed by atoms with van der Waals surface area (Å²) >= 11 is 0. The Morgan fingerprint density at radius 3 is 2.35 bits per heavy atom. The van der Waals surface area contributed by atoms with E-state index in [0.29, 0.717) is 25.7 Å². The quantitative estimate of drug-likeness (QED) is 0.437. The van der Waals surface area contributed by atoms with Gasteiger partial charge in [-0.05, 0) is 71.6 Å². The molecule has 2 aliphatic rings. The number of benzene rings is 1. The predicted molar refractivity (Wildman–Crippen MR) is 143 cm³/mol. The van der Waals surface area contributed by atoms with Crippen LogP contribution in [0.1, 0.15) is 58.9 Å². The number of likely N-dealkylation sites (tertiary alicyclic amines) is 1. The van der Waals surface area contributed by atoms with Crippen LogP contribution in [-0.4, -0.2) is 76.5 Å². The van der Waals surface area contributed by atoms with Gasteiger partial charge < -0.3 is 20.7 Å². The average molecular weight is 567 g/mol. The first-order valence-electron chi connectivity index (χ1n) is 13.6. The number of esters is 1. The van der Waals surface area contributed by atoms with Crippen LogP contribution in [0.25, 0.3) is 10.9 Å². The van der Waals surface area contributed by atoms with E-state index in [1.807, 2.05) is 0 Å². The van der Waals surface area contributed by atoms with Crippen LogP contribution in [0.15, 0.2) is 18.2 Å². The maximum Gasteiger partial charge on any atom is 0.416 e.